The molecule has 0 saturated carbocycles. The van der Waals surface area contributed by atoms with Crippen molar-refractivity contribution in [1.29, 1.82) is 0 Å². The van der Waals surface area contributed by atoms with Gasteiger partial charge >= 0.3 is 11.6 Å². The average molecular weight is 236 g/mol. The predicted molar refractivity (Wildman–Crippen MR) is 64.9 cm³/mol. The molecule has 1 unspecified atom stereocenters. The number of aliphatic carboxylic acids is 1. The van der Waals surface area contributed by atoms with Gasteiger partial charge in [-0.25, -0.2) is 4.79 Å². The molecule has 0 fully saturated rings. The highest BCUT2D eigenvalue weighted by molar-refractivity contribution is 5.72. The van der Waals surface area contributed by atoms with Crippen LogP contribution in [-0.4, -0.2) is 11.1 Å². The monoisotopic (exact) mass is 236 g/mol. The Hall–Kier alpha value is -1.84. The van der Waals surface area contributed by atoms with Gasteiger partial charge in [0.2, 0.25) is 0 Å². The molecule has 4 heteroatoms. The minimum Gasteiger partial charge on any atom is -0.481 e. The van der Waals surface area contributed by atoms with E-state index in [1.165, 1.54) is 6.07 Å². The lowest BCUT2D eigenvalue weighted by Gasteiger charge is -2.03. The average Bonchev–Trinajstić information content (AvgIpc) is 2.53. The van der Waals surface area contributed by atoms with E-state index in [1.54, 1.807) is 18.2 Å². The van der Waals surface area contributed by atoms with Crippen molar-refractivity contribution < 1.29 is 14.3 Å². The van der Waals surface area contributed by atoms with Crippen LogP contribution in [0.25, 0.3) is 12.2 Å². The fourth-order valence-electron chi connectivity index (χ4n) is 1.59. The number of carbonyl (C=O) groups is 1. The number of hydrogen-bond donors (Lipinski definition) is 1. The molecule has 1 heterocycles. The summed E-state index contributed by atoms with van der Waals surface area (Å²) in [6.45, 7) is 4.00. The van der Waals surface area contributed by atoms with Crippen molar-refractivity contribution >= 4 is 18.1 Å². The first kappa shape index (κ1) is 13.2. The maximum absolute atomic E-state index is 11.0. The standard InChI is InChI=1S/C11H10O4.C2H6/c12-10-6-4-7-1-2-8(11(13)14)3-5-9(7)15-10;1-2/h1,4-6,8H,2-3H2,(H,13,14);1-2H3. The topological polar surface area (TPSA) is 67.5 Å². The SMILES string of the molecule is CC.O=C(O)C1CC=c2ccc(=O)oc2=CC1. The highest BCUT2D eigenvalue weighted by Crippen LogP contribution is 2.11. The molecule has 1 aromatic heterocycles. The van der Waals surface area contributed by atoms with E-state index in [0.717, 1.165) is 5.22 Å². The largest absolute Gasteiger partial charge is 0.481 e. The molecular formula is C13H16O4. The van der Waals surface area contributed by atoms with Gasteiger partial charge in [0, 0.05) is 11.3 Å². The van der Waals surface area contributed by atoms with Crippen LogP contribution in [0.4, 0.5) is 0 Å². The van der Waals surface area contributed by atoms with E-state index >= 15 is 0 Å². The van der Waals surface area contributed by atoms with Crippen molar-refractivity contribution in [3.8, 4) is 0 Å². The molecule has 1 aliphatic rings. The predicted octanol–water partition coefficient (Wildman–Crippen LogP) is 0.722. The first-order valence-electron chi connectivity index (χ1n) is 5.70. The summed E-state index contributed by atoms with van der Waals surface area (Å²) >= 11 is 0. The van der Waals surface area contributed by atoms with Crippen LogP contribution in [-0.2, 0) is 4.79 Å². The smallest absolute Gasteiger partial charge is 0.336 e. The molecule has 0 aromatic carbocycles. The second kappa shape index (κ2) is 6.03. The van der Waals surface area contributed by atoms with Crippen molar-refractivity contribution in [2.45, 2.75) is 26.7 Å². The second-order valence-corrected chi connectivity index (χ2v) is 3.49. The number of rotatable bonds is 1. The van der Waals surface area contributed by atoms with Gasteiger partial charge in [-0.2, -0.15) is 0 Å². The van der Waals surface area contributed by atoms with Crippen LogP contribution in [0.2, 0.25) is 0 Å². The van der Waals surface area contributed by atoms with Gasteiger partial charge in [-0.3, -0.25) is 4.79 Å². The quantitative estimate of drug-likeness (QED) is 0.780. The molecule has 17 heavy (non-hydrogen) atoms. The zero-order chi connectivity index (χ0) is 12.8. The van der Waals surface area contributed by atoms with E-state index in [-0.39, 0.29) is 0 Å². The normalized spacial score (nSPS) is 17.4. The van der Waals surface area contributed by atoms with Gasteiger partial charge in [-0.15, -0.1) is 0 Å². The van der Waals surface area contributed by atoms with Crippen LogP contribution in [0.15, 0.2) is 21.3 Å². The fraction of sp³-hybridized carbons (Fsp3) is 0.385. The van der Waals surface area contributed by atoms with Crippen LogP contribution in [0.5, 0.6) is 0 Å². The molecule has 2 rings (SSSR count). The number of hydrogen-bond acceptors (Lipinski definition) is 3. The molecule has 1 aliphatic carbocycles. The van der Waals surface area contributed by atoms with Gasteiger partial charge < -0.3 is 9.52 Å². The molecule has 1 aromatic rings. The third kappa shape index (κ3) is 3.31. The van der Waals surface area contributed by atoms with E-state index in [2.05, 4.69) is 0 Å². The summed E-state index contributed by atoms with van der Waals surface area (Å²) in [5.41, 5.74) is 0.0680. The van der Waals surface area contributed by atoms with Gasteiger partial charge in [0.1, 0.15) is 5.42 Å². The Morgan fingerprint density at radius 2 is 1.94 bits per heavy atom. The summed E-state index contributed by atoms with van der Waals surface area (Å²) in [5.74, 6) is -1.25. The molecule has 1 atom stereocenters. The van der Waals surface area contributed by atoms with Gasteiger partial charge in [0.15, 0.2) is 0 Å². The first-order valence-corrected chi connectivity index (χ1v) is 5.70. The van der Waals surface area contributed by atoms with Crippen molar-refractivity contribution in [3.63, 3.8) is 0 Å². The van der Waals surface area contributed by atoms with Gasteiger partial charge in [-0.05, 0) is 25.0 Å². The zero-order valence-corrected chi connectivity index (χ0v) is 9.97. The first-order chi connectivity index (χ1) is 8.16. The molecule has 1 N–H and O–H groups in total. The highest BCUT2D eigenvalue weighted by Gasteiger charge is 2.16. The number of fused-ring (bicyclic) bond motifs is 1. The van der Waals surface area contributed by atoms with Crippen LogP contribution in [0.1, 0.15) is 26.7 Å². The van der Waals surface area contributed by atoms with E-state index in [4.69, 9.17) is 9.52 Å². The highest BCUT2D eigenvalue weighted by atomic mass is 16.4. The summed E-state index contributed by atoms with van der Waals surface area (Å²) in [4.78, 5) is 21.7. The Morgan fingerprint density at radius 1 is 1.29 bits per heavy atom. The van der Waals surface area contributed by atoms with Crippen molar-refractivity contribution in [2.75, 3.05) is 0 Å². The third-order valence-electron chi connectivity index (χ3n) is 2.45. The van der Waals surface area contributed by atoms with Crippen molar-refractivity contribution in [3.05, 3.63) is 33.2 Å². The molecule has 92 valence electrons. The Morgan fingerprint density at radius 3 is 2.59 bits per heavy atom. The van der Waals surface area contributed by atoms with Crippen LogP contribution >= 0.6 is 0 Å². The lowest BCUT2D eigenvalue weighted by atomic mass is 10.0. The summed E-state index contributed by atoms with van der Waals surface area (Å²) < 4.78 is 4.97. The molecule has 0 aliphatic heterocycles. The molecule has 0 spiro atoms. The minimum atomic E-state index is -0.822. The summed E-state index contributed by atoms with van der Waals surface area (Å²) in [6, 6.07) is 2.99. The van der Waals surface area contributed by atoms with Crippen LogP contribution in [0, 0.1) is 5.92 Å². The summed E-state index contributed by atoms with van der Waals surface area (Å²) in [5, 5.41) is 9.65. The van der Waals surface area contributed by atoms with E-state index < -0.39 is 17.5 Å². The maximum atomic E-state index is 11.0. The minimum absolute atomic E-state index is 0.395. The molecule has 0 bridgehead atoms. The van der Waals surface area contributed by atoms with E-state index in [0.29, 0.717) is 18.3 Å². The Balaban J connectivity index is 0.000000686. The fourth-order valence-corrected chi connectivity index (χ4v) is 1.59. The van der Waals surface area contributed by atoms with E-state index in [9.17, 15) is 9.59 Å². The maximum Gasteiger partial charge on any atom is 0.336 e. The third-order valence-corrected chi connectivity index (χ3v) is 2.45. The molecule has 0 saturated heterocycles. The molecular weight excluding hydrogens is 220 g/mol. The van der Waals surface area contributed by atoms with Crippen molar-refractivity contribution in [2.24, 2.45) is 5.92 Å². The number of carboxylic acids is 1. The van der Waals surface area contributed by atoms with Crippen molar-refractivity contribution in [1.82, 2.24) is 0 Å². The second-order valence-electron chi connectivity index (χ2n) is 3.49. The van der Waals surface area contributed by atoms with Gasteiger partial charge in [0.05, 0.1) is 5.92 Å². The zero-order valence-electron chi connectivity index (χ0n) is 9.97. The van der Waals surface area contributed by atoms with E-state index in [1.807, 2.05) is 13.8 Å². The Kier molecular flexibility index (Phi) is 4.69. The molecule has 0 radical (unpaired) electrons. The number of carboxylic acid groups (broad SMARTS) is 1. The van der Waals surface area contributed by atoms with Gasteiger partial charge in [0.25, 0.3) is 0 Å². The lowest BCUT2D eigenvalue weighted by Crippen LogP contribution is -2.27. The Bertz CT molecular complexity index is 554. The van der Waals surface area contributed by atoms with Crippen LogP contribution < -0.4 is 16.3 Å². The Labute approximate surface area is 98.9 Å². The van der Waals surface area contributed by atoms with Crippen LogP contribution in [0.3, 0.4) is 0 Å². The summed E-state index contributed by atoms with van der Waals surface area (Å²) in [6.07, 6.45) is 4.32. The van der Waals surface area contributed by atoms with Gasteiger partial charge in [-0.1, -0.05) is 19.9 Å². The molecule has 4 nitrogen and oxygen atoms in total. The lowest BCUT2D eigenvalue weighted by molar-refractivity contribution is -0.141. The molecule has 0 amide bonds. The summed E-state index contributed by atoms with van der Waals surface area (Å²) in [7, 11) is 0.